The molecule has 2 N–H and O–H groups in total. The quantitative estimate of drug-likeness (QED) is 0.879. The van der Waals surface area contributed by atoms with E-state index in [1.807, 2.05) is 12.1 Å². The Morgan fingerprint density at radius 1 is 1.10 bits per heavy atom. The summed E-state index contributed by atoms with van der Waals surface area (Å²) in [6, 6.07) is 13.9. The Hall–Kier alpha value is -2.36. The van der Waals surface area contributed by atoms with Gasteiger partial charge in [-0.2, -0.15) is 0 Å². The van der Waals surface area contributed by atoms with Crippen molar-refractivity contribution in [3.8, 4) is 5.75 Å². The number of ether oxygens (including phenoxy) is 1. The van der Waals surface area contributed by atoms with Gasteiger partial charge in [0.15, 0.2) is 0 Å². The van der Waals surface area contributed by atoms with E-state index < -0.39 is 0 Å². The zero-order valence-corrected chi connectivity index (χ0v) is 11.0. The van der Waals surface area contributed by atoms with E-state index in [0.717, 1.165) is 5.56 Å². The second-order valence-corrected chi connectivity index (χ2v) is 4.49. The number of carbonyl (C=O) groups is 1. The minimum absolute atomic E-state index is 0.188. The topological polar surface area (TPSA) is 52.3 Å². The van der Waals surface area contributed by atoms with Crippen molar-refractivity contribution in [2.24, 2.45) is 5.73 Å². The lowest BCUT2D eigenvalue weighted by molar-refractivity contribution is -0.117. The van der Waals surface area contributed by atoms with Crippen molar-refractivity contribution >= 4 is 5.91 Å². The van der Waals surface area contributed by atoms with Crippen molar-refractivity contribution in [2.75, 3.05) is 0 Å². The molecule has 0 saturated carbocycles. The average molecular weight is 273 g/mol. The standard InChI is InChI=1S/C16H16FNO2/c17-15-4-2-1-3-13(15)11-20-14-8-5-12(6-9-14)7-10-16(18)19/h1-6,8-9H,7,10-11H2,(H2,18,19). The molecule has 2 rings (SSSR count). The van der Waals surface area contributed by atoms with E-state index in [-0.39, 0.29) is 18.3 Å². The monoisotopic (exact) mass is 273 g/mol. The highest BCUT2D eigenvalue weighted by molar-refractivity contribution is 5.74. The fourth-order valence-electron chi connectivity index (χ4n) is 1.80. The predicted octanol–water partition coefficient (Wildman–Crippen LogP) is 2.82. The molecule has 104 valence electrons. The number of benzene rings is 2. The zero-order valence-electron chi connectivity index (χ0n) is 11.0. The first-order valence-corrected chi connectivity index (χ1v) is 6.38. The van der Waals surface area contributed by atoms with Crippen LogP contribution in [0.3, 0.4) is 0 Å². The number of nitrogens with two attached hydrogens (primary N) is 1. The molecule has 0 atom stereocenters. The Morgan fingerprint density at radius 2 is 1.80 bits per heavy atom. The Kier molecular flexibility index (Phi) is 4.71. The molecule has 0 aliphatic rings. The van der Waals surface area contributed by atoms with Crippen LogP contribution in [0.1, 0.15) is 17.5 Å². The third-order valence-electron chi connectivity index (χ3n) is 2.94. The van der Waals surface area contributed by atoms with Gasteiger partial charge in [-0.3, -0.25) is 4.79 Å². The van der Waals surface area contributed by atoms with Crippen LogP contribution >= 0.6 is 0 Å². The van der Waals surface area contributed by atoms with E-state index in [9.17, 15) is 9.18 Å². The summed E-state index contributed by atoms with van der Waals surface area (Å²) < 4.78 is 18.9. The van der Waals surface area contributed by atoms with Gasteiger partial charge in [0.05, 0.1) is 0 Å². The third kappa shape index (κ3) is 4.09. The summed E-state index contributed by atoms with van der Waals surface area (Å²) in [6.07, 6.45) is 0.943. The van der Waals surface area contributed by atoms with Crippen LogP contribution in [-0.4, -0.2) is 5.91 Å². The van der Waals surface area contributed by atoms with Crippen LogP contribution in [0.5, 0.6) is 5.75 Å². The van der Waals surface area contributed by atoms with E-state index in [0.29, 0.717) is 24.2 Å². The Morgan fingerprint density at radius 3 is 2.45 bits per heavy atom. The number of aryl methyl sites for hydroxylation is 1. The van der Waals surface area contributed by atoms with E-state index in [1.54, 1.807) is 30.3 Å². The first-order valence-electron chi connectivity index (χ1n) is 6.38. The molecule has 4 heteroatoms. The van der Waals surface area contributed by atoms with E-state index in [1.165, 1.54) is 6.07 Å². The molecule has 1 amide bonds. The molecular weight excluding hydrogens is 257 g/mol. The van der Waals surface area contributed by atoms with Crippen molar-refractivity contribution in [1.82, 2.24) is 0 Å². The molecule has 0 aliphatic carbocycles. The van der Waals surface area contributed by atoms with Gasteiger partial charge in [-0.05, 0) is 30.2 Å². The zero-order chi connectivity index (χ0) is 14.4. The van der Waals surface area contributed by atoms with Crippen LogP contribution in [-0.2, 0) is 17.8 Å². The molecule has 3 nitrogen and oxygen atoms in total. The number of carbonyl (C=O) groups excluding carboxylic acids is 1. The number of amides is 1. The van der Waals surface area contributed by atoms with Crippen LogP contribution in [0.2, 0.25) is 0 Å². The summed E-state index contributed by atoms with van der Waals surface area (Å²) in [6.45, 7) is 0.188. The van der Waals surface area contributed by atoms with Crippen molar-refractivity contribution in [2.45, 2.75) is 19.4 Å². The highest BCUT2D eigenvalue weighted by atomic mass is 19.1. The summed E-state index contributed by atoms with van der Waals surface area (Å²) in [4.78, 5) is 10.7. The molecule has 2 aromatic carbocycles. The summed E-state index contributed by atoms with van der Waals surface area (Å²) in [7, 11) is 0. The fraction of sp³-hybridized carbons (Fsp3) is 0.188. The molecule has 2 aromatic rings. The van der Waals surface area contributed by atoms with Gasteiger partial charge in [0.2, 0.25) is 5.91 Å². The molecule has 0 unspecified atom stereocenters. The molecule has 0 saturated heterocycles. The lowest BCUT2D eigenvalue weighted by Gasteiger charge is -2.08. The lowest BCUT2D eigenvalue weighted by atomic mass is 10.1. The molecule has 0 aliphatic heterocycles. The van der Waals surface area contributed by atoms with Gasteiger partial charge in [-0.15, -0.1) is 0 Å². The molecule has 0 bridgehead atoms. The van der Waals surface area contributed by atoms with Gasteiger partial charge in [0.25, 0.3) is 0 Å². The minimum Gasteiger partial charge on any atom is -0.489 e. The highest BCUT2D eigenvalue weighted by Gasteiger charge is 2.02. The van der Waals surface area contributed by atoms with Gasteiger partial charge in [-0.1, -0.05) is 30.3 Å². The third-order valence-corrected chi connectivity index (χ3v) is 2.94. The fourth-order valence-corrected chi connectivity index (χ4v) is 1.80. The van der Waals surface area contributed by atoms with E-state index in [2.05, 4.69) is 0 Å². The molecule has 0 radical (unpaired) electrons. The summed E-state index contributed by atoms with van der Waals surface area (Å²) in [5.74, 6) is 0.0755. The molecule has 0 aromatic heterocycles. The normalized spacial score (nSPS) is 10.2. The second kappa shape index (κ2) is 6.70. The maximum atomic E-state index is 13.4. The molecule has 0 spiro atoms. The van der Waals surface area contributed by atoms with Crippen LogP contribution < -0.4 is 10.5 Å². The van der Waals surface area contributed by atoms with Crippen LogP contribution in [0.25, 0.3) is 0 Å². The molecule has 0 fully saturated rings. The van der Waals surface area contributed by atoms with Crippen LogP contribution in [0, 0.1) is 5.82 Å². The van der Waals surface area contributed by atoms with Gasteiger partial charge in [-0.25, -0.2) is 4.39 Å². The first kappa shape index (κ1) is 14.1. The second-order valence-electron chi connectivity index (χ2n) is 4.49. The Balaban J connectivity index is 1.91. The smallest absolute Gasteiger partial charge is 0.217 e. The summed E-state index contributed by atoms with van der Waals surface area (Å²) in [5, 5.41) is 0. The van der Waals surface area contributed by atoms with E-state index >= 15 is 0 Å². The van der Waals surface area contributed by atoms with Gasteiger partial charge in [0, 0.05) is 12.0 Å². The van der Waals surface area contributed by atoms with Gasteiger partial charge >= 0.3 is 0 Å². The average Bonchev–Trinajstić information content (AvgIpc) is 2.45. The number of primary amides is 1. The lowest BCUT2D eigenvalue weighted by Crippen LogP contribution is -2.11. The van der Waals surface area contributed by atoms with E-state index in [4.69, 9.17) is 10.5 Å². The largest absolute Gasteiger partial charge is 0.489 e. The maximum Gasteiger partial charge on any atom is 0.217 e. The number of rotatable bonds is 6. The molecular formula is C16H16FNO2. The SMILES string of the molecule is NC(=O)CCc1ccc(OCc2ccccc2F)cc1. The molecule has 0 heterocycles. The van der Waals surface area contributed by atoms with Gasteiger partial charge in [0.1, 0.15) is 18.2 Å². The highest BCUT2D eigenvalue weighted by Crippen LogP contribution is 2.16. The molecule has 20 heavy (non-hydrogen) atoms. The van der Waals surface area contributed by atoms with Crippen LogP contribution in [0.15, 0.2) is 48.5 Å². The summed E-state index contributed by atoms with van der Waals surface area (Å²) in [5.41, 5.74) is 6.63. The first-order chi connectivity index (χ1) is 9.65. The van der Waals surface area contributed by atoms with Crippen molar-refractivity contribution in [3.05, 3.63) is 65.5 Å². The van der Waals surface area contributed by atoms with Crippen molar-refractivity contribution in [1.29, 1.82) is 0 Å². The minimum atomic E-state index is -0.315. The Bertz CT molecular complexity index is 581. The predicted molar refractivity (Wildman–Crippen MR) is 74.7 cm³/mol. The number of hydrogen-bond acceptors (Lipinski definition) is 2. The van der Waals surface area contributed by atoms with Crippen molar-refractivity contribution in [3.63, 3.8) is 0 Å². The maximum absolute atomic E-state index is 13.4. The number of hydrogen-bond donors (Lipinski definition) is 1. The van der Waals surface area contributed by atoms with Crippen LogP contribution in [0.4, 0.5) is 4.39 Å². The number of halogens is 1. The summed E-state index contributed by atoms with van der Waals surface area (Å²) >= 11 is 0. The Labute approximate surface area is 117 Å². The van der Waals surface area contributed by atoms with Gasteiger partial charge < -0.3 is 10.5 Å². The van der Waals surface area contributed by atoms with Crippen molar-refractivity contribution < 1.29 is 13.9 Å².